The van der Waals surface area contributed by atoms with Gasteiger partial charge in [-0.1, -0.05) is 23.4 Å². The molecule has 0 saturated carbocycles. The third kappa shape index (κ3) is 4.43. The van der Waals surface area contributed by atoms with Crippen molar-refractivity contribution >= 4 is 29.1 Å². The van der Waals surface area contributed by atoms with Crippen LogP contribution < -0.4 is 9.47 Å². The molecule has 0 N–H and O–H groups in total. The number of aromatic nitrogens is 2. The topological polar surface area (TPSA) is 74.5 Å². The molecule has 0 saturated heterocycles. The second-order valence-electron chi connectivity index (χ2n) is 5.57. The highest BCUT2D eigenvalue weighted by atomic mass is 35.5. The number of carbonyl (C=O) groups excluding carboxylic acids is 1. The number of hydrogen-bond acceptors (Lipinski definition) is 7. The number of carbonyl (C=O) groups is 1. The van der Waals surface area contributed by atoms with Crippen LogP contribution in [0.3, 0.4) is 0 Å². The lowest BCUT2D eigenvalue weighted by Gasteiger charge is -2.08. The van der Waals surface area contributed by atoms with E-state index in [1.54, 1.807) is 63.6 Å². The zero-order chi connectivity index (χ0) is 19.4. The molecular weight excluding hydrogens is 388 g/mol. The van der Waals surface area contributed by atoms with Gasteiger partial charge >= 0.3 is 0 Å². The minimum absolute atomic E-state index is 0.0393. The summed E-state index contributed by atoms with van der Waals surface area (Å²) in [5.74, 6) is 1.47. The number of ether oxygens (including phenoxy) is 2. The van der Waals surface area contributed by atoms with Gasteiger partial charge in [-0.15, -0.1) is 10.2 Å². The van der Waals surface area contributed by atoms with E-state index in [-0.39, 0.29) is 11.0 Å². The molecule has 0 aliphatic rings. The molecule has 0 fully saturated rings. The van der Waals surface area contributed by atoms with Crippen molar-refractivity contribution in [3.05, 3.63) is 53.1 Å². The molecule has 6 nitrogen and oxygen atoms in total. The Kier molecular flexibility index (Phi) is 6.03. The minimum Gasteiger partial charge on any atom is -0.493 e. The number of ketones is 1. The second kappa shape index (κ2) is 8.45. The molecule has 27 heavy (non-hydrogen) atoms. The lowest BCUT2D eigenvalue weighted by atomic mass is 10.1. The predicted molar refractivity (Wildman–Crippen MR) is 104 cm³/mol. The molecule has 1 aromatic heterocycles. The number of hydrogen-bond donors (Lipinski definition) is 0. The van der Waals surface area contributed by atoms with Crippen molar-refractivity contribution in [2.24, 2.45) is 0 Å². The van der Waals surface area contributed by atoms with E-state index in [0.717, 1.165) is 0 Å². The Labute approximate surface area is 165 Å². The van der Waals surface area contributed by atoms with Gasteiger partial charge in [0.05, 0.1) is 19.5 Å². The van der Waals surface area contributed by atoms with Crippen LogP contribution in [0.25, 0.3) is 11.5 Å². The number of Topliss-reactive ketones (excluding diaryl/α,β-unsaturated/α-hetero) is 1. The summed E-state index contributed by atoms with van der Waals surface area (Å²) in [4.78, 5) is 12.5. The summed E-state index contributed by atoms with van der Waals surface area (Å²) in [6, 6.07) is 12.1. The van der Waals surface area contributed by atoms with Gasteiger partial charge in [-0.2, -0.15) is 0 Å². The molecule has 0 bridgehead atoms. The normalized spacial score (nSPS) is 11.9. The average molecular weight is 405 g/mol. The third-order valence-corrected chi connectivity index (χ3v) is 5.00. The average Bonchev–Trinajstić information content (AvgIpc) is 3.15. The van der Waals surface area contributed by atoms with Crippen molar-refractivity contribution in [1.82, 2.24) is 10.2 Å². The monoisotopic (exact) mass is 404 g/mol. The van der Waals surface area contributed by atoms with Crippen LogP contribution >= 0.6 is 23.4 Å². The maximum Gasteiger partial charge on any atom is 0.277 e. The van der Waals surface area contributed by atoms with E-state index < -0.39 is 0 Å². The summed E-state index contributed by atoms with van der Waals surface area (Å²) in [7, 11) is 3.12. The highest BCUT2D eigenvalue weighted by molar-refractivity contribution is 8.00. The van der Waals surface area contributed by atoms with E-state index in [9.17, 15) is 4.79 Å². The molecule has 2 aromatic carbocycles. The van der Waals surface area contributed by atoms with Gasteiger partial charge in [0.25, 0.3) is 5.22 Å². The van der Waals surface area contributed by atoms with Crippen molar-refractivity contribution in [2.75, 3.05) is 14.2 Å². The van der Waals surface area contributed by atoms with Gasteiger partial charge in [0.1, 0.15) is 0 Å². The Morgan fingerprint density at radius 2 is 1.78 bits per heavy atom. The first kappa shape index (κ1) is 19.3. The van der Waals surface area contributed by atoms with Gasteiger partial charge in [0, 0.05) is 16.1 Å². The fraction of sp³-hybridized carbons (Fsp3) is 0.211. The van der Waals surface area contributed by atoms with Gasteiger partial charge in [0.2, 0.25) is 5.89 Å². The van der Waals surface area contributed by atoms with Gasteiger partial charge in [-0.25, -0.2) is 0 Å². The zero-order valence-electron chi connectivity index (χ0n) is 14.9. The lowest BCUT2D eigenvalue weighted by Crippen LogP contribution is -2.13. The van der Waals surface area contributed by atoms with E-state index >= 15 is 0 Å². The van der Waals surface area contributed by atoms with E-state index in [2.05, 4.69) is 10.2 Å². The molecule has 140 valence electrons. The first-order valence-corrected chi connectivity index (χ1v) is 9.30. The first-order valence-electron chi connectivity index (χ1n) is 8.04. The molecule has 0 unspecified atom stereocenters. The minimum atomic E-state index is -0.384. The van der Waals surface area contributed by atoms with Crippen LogP contribution in [-0.4, -0.2) is 35.5 Å². The molecule has 3 aromatic rings. The fourth-order valence-electron chi connectivity index (χ4n) is 2.40. The summed E-state index contributed by atoms with van der Waals surface area (Å²) in [5.41, 5.74) is 1.28. The molecule has 0 radical (unpaired) electrons. The maximum absolute atomic E-state index is 12.5. The van der Waals surface area contributed by atoms with Crippen molar-refractivity contribution in [3.63, 3.8) is 0 Å². The van der Waals surface area contributed by atoms with E-state index in [1.165, 1.54) is 11.8 Å². The van der Waals surface area contributed by atoms with Crippen molar-refractivity contribution in [1.29, 1.82) is 0 Å². The molecule has 3 rings (SSSR count). The Morgan fingerprint density at radius 1 is 1.07 bits per heavy atom. The molecule has 8 heteroatoms. The quantitative estimate of drug-likeness (QED) is 0.414. The fourth-order valence-corrected chi connectivity index (χ4v) is 3.28. The van der Waals surface area contributed by atoms with Crippen LogP contribution in [0.2, 0.25) is 5.02 Å². The number of thioether (sulfide) groups is 1. The molecular formula is C19H17ClN2O4S. The number of halogens is 1. The van der Waals surface area contributed by atoms with E-state index in [4.69, 9.17) is 25.5 Å². The Morgan fingerprint density at radius 3 is 2.44 bits per heavy atom. The highest BCUT2D eigenvalue weighted by Gasteiger charge is 2.20. The van der Waals surface area contributed by atoms with Gasteiger partial charge < -0.3 is 13.9 Å². The summed E-state index contributed by atoms with van der Waals surface area (Å²) in [6.07, 6.45) is 0. The Bertz CT molecular complexity index is 943. The number of nitrogens with zero attached hydrogens (tertiary/aromatic N) is 2. The van der Waals surface area contributed by atoms with Crippen molar-refractivity contribution < 1.29 is 18.7 Å². The molecule has 0 aliphatic heterocycles. The molecule has 0 aliphatic carbocycles. The number of rotatable bonds is 7. The molecule has 0 spiro atoms. The van der Waals surface area contributed by atoms with Gasteiger partial charge in [-0.3, -0.25) is 4.79 Å². The van der Waals surface area contributed by atoms with Crippen LogP contribution in [0.1, 0.15) is 17.3 Å². The molecule has 1 atom stereocenters. The first-order chi connectivity index (χ1) is 13.0. The standard InChI is InChI=1S/C19H17ClN2O4S/c1-11(17(23)12-4-7-14(20)8-5-12)27-19-22-21-18(26-19)13-6-9-15(24-2)16(10-13)25-3/h4-11H,1-3H3/t11-/m0/s1. The molecule has 0 amide bonds. The third-order valence-electron chi connectivity index (χ3n) is 3.81. The van der Waals surface area contributed by atoms with Gasteiger partial charge in [-0.05, 0) is 49.4 Å². The smallest absolute Gasteiger partial charge is 0.277 e. The van der Waals surface area contributed by atoms with Gasteiger partial charge in [0.15, 0.2) is 17.3 Å². The highest BCUT2D eigenvalue weighted by Crippen LogP contribution is 2.33. The largest absolute Gasteiger partial charge is 0.493 e. The zero-order valence-corrected chi connectivity index (χ0v) is 16.5. The SMILES string of the molecule is COc1ccc(-c2nnc(S[C@@H](C)C(=O)c3ccc(Cl)cc3)o2)cc1OC. The second-order valence-corrected chi connectivity index (χ2v) is 7.30. The van der Waals surface area contributed by atoms with Crippen LogP contribution in [0.4, 0.5) is 0 Å². The predicted octanol–water partition coefficient (Wildman–Crippen LogP) is 4.77. The van der Waals surface area contributed by atoms with E-state index in [0.29, 0.717) is 38.8 Å². The van der Waals surface area contributed by atoms with Crippen LogP contribution in [0.15, 0.2) is 52.1 Å². The molecule has 1 heterocycles. The summed E-state index contributed by atoms with van der Waals surface area (Å²) >= 11 is 7.07. The number of benzene rings is 2. The van der Waals surface area contributed by atoms with Crippen molar-refractivity contribution in [2.45, 2.75) is 17.4 Å². The lowest BCUT2D eigenvalue weighted by molar-refractivity contribution is 0.0993. The maximum atomic E-state index is 12.5. The Balaban J connectivity index is 1.74. The van der Waals surface area contributed by atoms with Crippen LogP contribution in [-0.2, 0) is 0 Å². The number of methoxy groups -OCH3 is 2. The summed E-state index contributed by atoms with van der Waals surface area (Å²) < 4.78 is 16.2. The summed E-state index contributed by atoms with van der Waals surface area (Å²) in [6.45, 7) is 1.79. The summed E-state index contributed by atoms with van der Waals surface area (Å²) in [5, 5.41) is 8.59. The van der Waals surface area contributed by atoms with Crippen molar-refractivity contribution in [3.8, 4) is 23.0 Å². The van der Waals surface area contributed by atoms with Crippen LogP contribution in [0, 0.1) is 0 Å². The Hall–Kier alpha value is -2.51. The van der Waals surface area contributed by atoms with E-state index in [1.807, 2.05) is 0 Å². The van der Waals surface area contributed by atoms with Crippen LogP contribution in [0.5, 0.6) is 11.5 Å².